The first-order valence-corrected chi connectivity index (χ1v) is 22.0. The number of halogens is 1. The zero-order valence-electron chi connectivity index (χ0n) is 35.9. The molecule has 13 heteroatoms. The number of ether oxygens (including phenoxy) is 4. The van der Waals surface area contributed by atoms with Crippen molar-refractivity contribution in [3.8, 4) is 34.3 Å². The molecule has 6 aromatic rings. The average Bonchev–Trinajstić information content (AvgIpc) is 3.78. The molecule has 4 aliphatic rings. The van der Waals surface area contributed by atoms with Gasteiger partial charge in [0.05, 0.1) is 44.2 Å². The van der Waals surface area contributed by atoms with Crippen molar-refractivity contribution in [1.82, 2.24) is 18.9 Å². The molecule has 4 aromatic carbocycles. The van der Waals surface area contributed by atoms with Gasteiger partial charge in [0.25, 0.3) is 11.8 Å². The Bertz CT molecular complexity index is 2650. The summed E-state index contributed by atoms with van der Waals surface area (Å²) < 4.78 is 28.7. The molecular formula is C50H54ClN5O7. The Hall–Kier alpha value is -5.95. The molecule has 12 nitrogen and oxygen atoms in total. The van der Waals surface area contributed by atoms with Crippen LogP contribution in [0.4, 0.5) is 11.4 Å². The largest absolute Gasteiger partial charge is 0.508 e. The minimum atomic E-state index is -0.187. The number of aromatic hydroxyl groups is 1. The van der Waals surface area contributed by atoms with Crippen molar-refractivity contribution in [1.29, 1.82) is 0 Å². The molecule has 2 aromatic heterocycles. The first-order chi connectivity index (χ1) is 30.3. The molecule has 2 amide bonds. The molecule has 6 heterocycles. The van der Waals surface area contributed by atoms with Gasteiger partial charge in [0.1, 0.15) is 11.5 Å². The van der Waals surface area contributed by atoms with Crippen LogP contribution in [0.2, 0.25) is 0 Å². The third kappa shape index (κ3) is 8.11. The molecule has 328 valence electrons. The number of fused-ring (bicyclic) bond motifs is 4. The van der Waals surface area contributed by atoms with Gasteiger partial charge in [-0.05, 0) is 111 Å². The summed E-state index contributed by atoms with van der Waals surface area (Å²) in [7, 11) is 2.01. The highest BCUT2D eigenvalue weighted by molar-refractivity contribution is 6.13. The number of rotatable bonds is 9. The number of carbonyl (C=O) groups excluding carboxylic acids is 2. The fraction of sp³-hybridized carbons (Fsp3) is 0.360. The summed E-state index contributed by atoms with van der Waals surface area (Å²) in [6.07, 6.45) is 5.98. The number of aromatic nitrogens is 2. The number of amides is 2. The molecule has 1 fully saturated rings. The van der Waals surface area contributed by atoms with Crippen LogP contribution in [0.5, 0.6) is 23.0 Å². The van der Waals surface area contributed by atoms with Crippen molar-refractivity contribution in [2.45, 2.75) is 58.2 Å². The molecule has 0 bridgehead atoms. The van der Waals surface area contributed by atoms with Gasteiger partial charge in [-0.1, -0.05) is 12.1 Å². The maximum absolute atomic E-state index is 15.6. The zero-order chi connectivity index (χ0) is 42.3. The predicted molar refractivity (Wildman–Crippen MR) is 245 cm³/mol. The minimum absolute atomic E-state index is 0. The lowest BCUT2D eigenvalue weighted by Gasteiger charge is -2.41. The van der Waals surface area contributed by atoms with Crippen LogP contribution in [-0.2, 0) is 37.7 Å². The fourth-order valence-electron chi connectivity index (χ4n) is 9.77. The van der Waals surface area contributed by atoms with E-state index >= 15 is 9.59 Å². The number of phenols is 1. The number of anilines is 2. The summed E-state index contributed by atoms with van der Waals surface area (Å²) in [6, 6.07) is 26.7. The van der Waals surface area contributed by atoms with Crippen molar-refractivity contribution in [2.24, 2.45) is 7.05 Å². The van der Waals surface area contributed by atoms with E-state index in [-0.39, 0.29) is 36.0 Å². The number of benzene rings is 4. The monoisotopic (exact) mass is 871 g/mol. The molecule has 1 atom stereocenters. The summed E-state index contributed by atoms with van der Waals surface area (Å²) in [5, 5.41) is 11.3. The molecule has 0 spiro atoms. The van der Waals surface area contributed by atoms with E-state index < -0.39 is 0 Å². The van der Waals surface area contributed by atoms with E-state index in [9.17, 15) is 5.11 Å². The van der Waals surface area contributed by atoms with E-state index in [1.54, 1.807) is 29.2 Å². The normalized spacial score (nSPS) is 17.3. The number of morpholine rings is 1. The second-order valence-electron chi connectivity index (χ2n) is 16.8. The highest BCUT2D eigenvalue weighted by Gasteiger charge is 2.37. The predicted octanol–water partition coefficient (Wildman–Crippen LogP) is 8.55. The lowest BCUT2D eigenvalue weighted by atomic mass is 9.91. The highest BCUT2D eigenvalue weighted by Crippen LogP contribution is 2.43. The molecule has 0 aliphatic carbocycles. The quantitative estimate of drug-likeness (QED) is 0.154. The number of hydrogen-bond donors (Lipinski definition) is 1. The minimum Gasteiger partial charge on any atom is -0.508 e. The Balaban J connectivity index is 0.00000504. The van der Waals surface area contributed by atoms with Gasteiger partial charge in [-0.2, -0.15) is 0 Å². The van der Waals surface area contributed by atoms with Crippen LogP contribution in [0.3, 0.4) is 0 Å². The second-order valence-corrected chi connectivity index (χ2v) is 16.8. The third-order valence-corrected chi connectivity index (χ3v) is 12.9. The Kier molecular flexibility index (Phi) is 12.1. The van der Waals surface area contributed by atoms with E-state index in [0.29, 0.717) is 105 Å². The number of aryl methyl sites for hydroxylation is 1. The number of hydrogen-bond acceptors (Lipinski definition) is 8. The molecule has 4 aliphatic heterocycles. The van der Waals surface area contributed by atoms with Crippen molar-refractivity contribution >= 4 is 46.5 Å². The maximum atomic E-state index is 15.6. The van der Waals surface area contributed by atoms with Crippen LogP contribution in [0.1, 0.15) is 63.7 Å². The van der Waals surface area contributed by atoms with Crippen LogP contribution in [0.15, 0.2) is 91.1 Å². The van der Waals surface area contributed by atoms with Gasteiger partial charge in [0, 0.05) is 103 Å². The van der Waals surface area contributed by atoms with E-state index in [2.05, 4.69) is 20.1 Å². The van der Waals surface area contributed by atoms with Crippen LogP contribution in [-0.4, -0.2) is 94.6 Å². The summed E-state index contributed by atoms with van der Waals surface area (Å²) in [5.41, 5.74) is 8.18. The smallest absolute Gasteiger partial charge is 0.264 e. The number of nitrogens with zero attached hydrogens (tertiary/aromatic N) is 5. The maximum Gasteiger partial charge on any atom is 0.264 e. The van der Waals surface area contributed by atoms with Gasteiger partial charge in [0.2, 0.25) is 0 Å². The van der Waals surface area contributed by atoms with Gasteiger partial charge in [-0.25, -0.2) is 0 Å². The van der Waals surface area contributed by atoms with Gasteiger partial charge in [-0.3, -0.25) is 19.4 Å². The molecular weight excluding hydrogens is 818 g/mol. The van der Waals surface area contributed by atoms with Gasteiger partial charge in [0.15, 0.2) is 11.5 Å². The van der Waals surface area contributed by atoms with E-state index in [4.69, 9.17) is 18.9 Å². The van der Waals surface area contributed by atoms with Gasteiger partial charge in [-0.15, -0.1) is 12.4 Å². The Morgan fingerprint density at radius 1 is 0.841 bits per heavy atom. The summed E-state index contributed by atoms with van der Waals surface area (Å²) >= 11 is 0. The molecule has 1 saturated heterocycles. The van der Waals surface area contributed by atoms with Crippen LogP contribution >= 0.6 is 12.4 Å². The second kappa shape index (κ2) is 18.0. The van der Waals surface area contributed by atoms with Crippen molar-refractivity contribution in [2.75, 3.05) is 57.6 Å². The zero-order valence-corrected chi connectivity index (χ0v) is 36.7. The molecule has 0 radical (unpaired) electrons. The molecule has 10 rings (SSSR count). The third-order valence-electron chi connectivity index (χ3n) is 12.9. The topological polar surface area (TPSA) is 111 Å². The van der Waals surface area contributed by atoms with Crippen LogP contribution in [0, 0.1) is 0 Å². The lowest BCUT2D eigenvalue weighted by Crippen LogP contribution is -2.52. The average molecular weight is 872 g/mol. The summed E-state index contributed by atoms with van der Waals surface area (Å²) in [4.78, 5) is 37.1. The standard InChI is InChI=1S/C50H53N5O7.ClH/c1-3-60-46-10-6-8-34-31-54(37(27-39(34)46)32-52-20-24-59-25-21-52)49(57)41-30-48-47(61-22-7-23-62-48)29-40(41)45-28-42(44-9-4-5-18-53(44)45)50(58)55(35-11-14-38(56)15-12-35)36-13-16-43-33(26-36)17-19-51(43)2;/h6,8,10-17,19,26,28-30,37,56H,3-5,7,9,18,20-25,27,31-32H2,1-2H3;1H/t37-;/m0./s1. The van der Waals surface area contributed by atoms with Crippen LogP contribution in [0.25, 0.3) is 22.2 Å². The van der Waals surface area contributed by atoms with Crippen molar-refractivity contribution in [3.63, 3.8) is 0 Å². The van der Waals surface area contributed by atoms with Crippen molar-refractivity contribution < 1.29 is 33.6 Å². The lowest BCUT2D eigenvalue weighted by molar-refractivity contribution is 0.0191. The van der Waals surface area contributed by atoms with Crippen molar-refractivity contribution in [3.05, 3.63) is 119 Å². The van der Waals surface area contributed by atoms with Gasteiger partial charge >= 0.3 is 0 Å². The Morgan fingerprint density at radius 3 is 2.41 bits per heavy atom. The molecule has 1 N–H and O–H groups in total. The highest BCUT2D eigenvalue weighted by atomic mass is 35.5. The summed E-state index contributed by atoms with van der Waals surface area (Å²) in [6.45, 7) is 8.33. The van der Waals surface area contributed by atoms with E-state index in [1.807, 2.05) is 79.7 Å². The first-order valence-electron chi connectivity index (χ1n) is 22.0. The number of carbonyl (C=O) groups is 2. The van der Waals surface area contributed by atoms with Crippen LogP contribution < -0.4 is 19.1 Å². The first kappa shape index (κ1) is 42.4. The fourth-order valence-corrected chi connectivity index (χ4v) is 9.77. The molecule has 0 unspecified atom stereocenters. The van der Waals surface area contributed by atoms with E-state index in [1.165, 1.54) is 0 Å². The Morgan fingerprint density at radius 2 is 1.62 bits per heavy atom. The van der Waals surface area contributed by atoms with Gasteiger partial charge < -0.3 is 38.1 Å². The molecule has 63 heavy (non-hydrogen) atoms. The number of phenolic OH excluding ortho intramolecular Hbond substituents is 1. The van der Waals surface area contributed by atoms with E-state index in [0.717, 1.165) is 71.5 Å². The Labute approximate surface area is 373 Å². The molecule has 0 saturated carbocycles. The summed E-state index contributed by atoms with van der Waals surface area (Å²) in [5.74, 6) is 1.85. The SMILES string of the molecule is CCOc1cccc2c1C[C@@H](CN1CCOCC1)N(C(=O)c1cc3c(cc1-c1cc(C(=O)N(c4ccc(O)cc4)c4ccc5c(ccn5C)c4)c4n1CCCC4)OCCCO3)C2.Cl.